The summed E-state index contributed by atoms with van der Waals surface area (Å²) in [7, 11) is 4.86. The lowest BCUT2D eigenvalue weighted by molar-refractivity contribution is -0.155. The maximum absolute atomic E-state index is 13.2. The van der Waals surface area contributed by atoms with Crippen LogP contribution in [0.15, 0.2) is 0 Å². The molecular formula is C20H37N3O4. The number of piperidine rings is 1. The highest BCUT2D eigenvalue weighted by molar-refractivity contribution is 5.92. The number of esters is 1. The third kappa shape index (κ3) is 5.92. The molecule has 0 radical (unpaired) electrons. The molecular weight excluding hydrogens is 346 g/mol. The van der Waals surface area contributed by atoms with Crippen LogP contribution < -0.4 is 5.32 Å². The minimum Gasteiger partial charge on any atom is -0.467 e. The lowest BCUT2D eigenvalue weighted by atomic mass is 9.84. The predicted molar refractivity (Wildman–Crippen MR) is 105 cm³/mol. The second-order valence-corrected chi connectivity index (χ2v) is 8.96. The number of hydrogen-bond donors (Lipinski definition) is 1. The highest BCUT2D eigenvalue weighted by Crippen LogP contribution is 2.24. The molecule has 1 N–H and O–H groups in total. The number of likely N-dealkylation sites (N-methyl/N-ethyl adjacent to an activating group) is 2. The number of nitrogens with one attached hydrogen (secondary N) is 1. The summed E-state index contributed by atoms with van der Waals surface area (Å²) in [6, 6.07) is -1.64. The van der Waals surface area contributed by atoms with Crippen LogP contribution in [-0.2, 0) is 19.1 Å². The molecule has 3 atom stereocenters. The first kappa shape index (κ1) is 23.4. The molecule has 1 unspecified atom stereocenters. The van der Waals surface area contributed by atoms with Crippen LogP contribution in [-0.4, -0.2) is 73.5 Å². The minimum atomic E-state index is -0.726. The van der Waals surface area contributed by atoms with Gasteiger partial charge in [-0.3, -0.25) is 14.5 Å². The van der Waals surface area contributed by atoms with E-state index < -0.39 is 23.5 Å². The second kappa shape index (κ2) is 9.53. The Morgan fingerprint density at radius 3 is 2.22 bits per heavy atom. The fourth-order valence-electron chi connectivity index (χ4n) is 3.63. The van der Waals surface area contributed by atoms with E-state index >= 15 is 0 Å². The first-order valence-electron chi connectivity index (χ1n) is 9.77. The zero-order valence-corrected chi connectivity index (χ0v) is 18.2. The predicted octanol–water partition coefficient (Wildman–Crippen LogP) is 1.66. The SMILES string of the molecule is COC(=O)C(C(C)C)N(C)C(=O)[C@@H](NC(=O)[C@H]1CCCCN1C)C(C)(C)C. The van der Waals surface area contributed by atoms with Crippen molar-refractivity contribution < 1.29 is 19.1 Å². The van der Waals surface area contributed by atoms with Gasteiger partial charge < -0.3 is 15.0 Å². The Labute approximate surface area is 163 Å². The normalized spacial score (nSPS) is 20.7. The van der Waals surface area contributed by atoms with Gasteiger partial charge in [0.1, 0.15) is 12.1 Å². The Hall–Kier alpha value is -1.63. The van der Waals surface area contributed by atoms with Crippen molar-refractivity contribution in [2.24, 2.45) is 11.3 Å². The second-order valence-electron chi connectivity index (χ2n) is 8.96. The van der Waals surface area contributed by atoms with E-state index in [2.05, 4.69) is 5.32 Å². The molecule has 1 rings (SSSR count). The van der Waals surface area contributed by atoms with E-state index in [0.717, 1.165) is 25.8 Å². The van der Waals surface area contributed by atoms with Gasteiger partial charge in [0.15, 0.2) is 0 Å². The summed E-state index contributed by atoms with van der Waals surface area (Å²) >= 11 is 0. The fourth-order valence-corrected chi connectivity index (χ4v) is 3.63. The number of ether oxygens (including phenoxy) is 1. The van der Waals surface area contributed by atoms with Gasteiger partial charge >= 0.3 is 5.97 Å². The monoisotopic (exact) mass is 383 g/mol. The molecule has 1 aliphatic heterocycles. The first-order chi connectivity index (χ1) is 12.4. The van der Waals surface area contributed by atoms with Crippen LogP contribution in [0.2, 0.25) is 0 Å². The Morgan fingerprint density at radius 2 is 1.78 bits per heavy atom. The summed E-state index contributed by atoms with van der Waals surface area (Å²) in [5.74, 6) is -0.963. The number of hydrogen-bond acceptors (Lipinski definition) is 5. The van der Waals surface area contributed by atoms with Gasteiger partial charge in [-0.05, 0) is 37.8 Å². The average Bonchev–Trinajstić information content (AvgIpc) is 2.57. The van der Waals surface area contributed by atoms with Gasteiger partial charge in [-0.15, -0.1) is 0 Å². The Kier molecular flexibility index (Phi) is 8.26. The molecule has 27 heavy (non-hydrogen) atoms. The summed E-state index contributed by atoms with van der Waals surface area (Å²) in [6.45, 7) is 10.4. The molecule has 0 bridgehead atoms. The van der Waals surface area contributed by atoms with E-state index in [9.17, 15) is 14.4 Å². The van der Waals surface area contributed by atoms with E-state index in [1.165, 1.54) is 12.0 Å². The maximum Gasteiger partial charge on any atom is 0.328 e. The quantitative estimate of drug-likeness (QED) is 0.706. The van der Waals surface area contributed by atoms with Crippen molar-refractivity contribution in [1.29, 1.82) is 0 Å². The van der Waals surface area contributed by atoms with E-state index in [0.29, 0.717) is 0 Å². The van der Waals surface area contributed by atoms with Crippen molar-refractivity contribution in [2.45, 2.75) is 72.0 Å². The van der Waals surface area contributed by atoms with Crippen LogP contribution in [0.5, 0.6) is 0 Å². The number of carbonyl (C=O) groups is 3. The molecule has 156 valence electrons. The maximum atomic E-state index is 13.2. The number of rotatable bonds is 6. The van der Waals surface area contributed by atoms with Crippen LogP contribution in [0.3, 0.4) is 0 Å². The van der Waals surface area contributed by atoms with Gasteiger partial charge in [0.2, 0.25) is 11.8 Å². The number of carbonyl (C=O) groups excluding carboxylic acids is 3. The largest absolute Gasteiger partial charge is 0.467 e. The Balaban J connectivity index is 3.03. The third-order valence-electron chi connectivity index (χ3n) is 5.31. The van der Waals surface area contributed by atoms with Crippen LogP contribution >= 0.6 is 0 Å². The van der Waals surface area contributed by atoms with E-state index in [4.69, 9.17) is 4.74 Å². The zero-order chi connectivity index (χ0) is 20.9. The van der Waals surface area contributed by atoms with Crippen molar-refractivity contribution in [1.82, 2.24) is 15.1 Å². The standard InChI is InChI=1S/C20H37N3O4/c1-13(2)15(19(26)27-8)23(7)18(25)16(20(3,4)5)21-17(24)14-11-9-10-12-22(14)6/h13-16H,9-12H2,1-8H3,(H,21,24)/t14-,15?,16-/m1/s1. The molecule has 2 amide bonds. The van der Waals surface area contributed by atoms with E-state index in [1.54, 1.807) is 7.05 Å². The number of likely N-dealkylation sites (tertiary alicyclic amines) is 1. The molecule has 0 aromatic carbocycles. The molecule has 0 aromatic heterocycles. The fraction of sp³-hybridized carbons (Fsp3) is 0.850. The first-order valence-corrected chi connectivity index (χ1v) is 9.77. The number of nitrogens with zero attached hydrogens (tertiary/aromatic N) is 2. The van der Waals surface area contributed by atoms with E-state index in [1.807, 2.05) is 46.6 Å². The van der Waals surface area contributed by atoms with Gasteiger partial charge in [-0.25, -0.2) is 4.79 Å². The molecule has 7 heteroatoms. The lowest BCUT2D eigenvalue weighted by Crippen LogP contribution is -2.60. The van der Waals surface area contributed by atoms with Crippen LogP contribution in [0.4, 0.5) is 0 Å². The smallest absolute Gasteiger partial charge is 0.328 e. The summed E-state index contributed by atoms with van der Waals surface area (Å²) in [5.41, 5.74) is -0.494. The van der Waals surface area contributed by atoms with Crippen LogP contribution in [0.1, 0.15) is 53.9 Å². The van der Waals surface area contributed by atoms with Crippen molar-refractivity contribution >= 4 is 17.8 Å². The number of amides is 2. The van der Waals surface area contributed by atoms with E-state index in [-0.39, 0.29) is 23.8 Å². The average molecular weight is 384 g/mol. The highest BCUT2D eigenvalue weighted by atomic mass is 16.5. The zero-order valence-electron chi connectivity index (χ0n) is 18.2. The van der Waals surface area contributed by atoms with Gasteiger partial charge in [0.05, 0.1) is 13.2 Å². The summed E-state index contributed by atoms with van der Waals surface area (Å²) in [5, 5.41) is 2.96. The molecule has 0 spiro atoms. The molecule has 0 aliphatic carbocycles. The van der Waals surface area contributed by atoms with Gasteiger partial charge in [0.25, 0.3) is 0 Å². The topological polar surface area (TPSA) is 79.0 Å². The highest BCUT2D eigenvalue weighted by Gasteiger charge is 2.41. The molecule has 1 saturated heterocycles. The van der Waals surface area contributed by atoms with Crippen molar-refractivity contribution in [3.63, 3.8) is 0 Å². The Morgan fingerprint density at radius 1 is 1.19 bits per heavy atom. The van der Waals surface area contributed by atoms with Gasteiger partial charge in [0, 0.05) is 7.05 Å². The molecule has 1 fully saturated rings. The molecule has 7 nitrogen and oxygen atoms in total. The van der Waals surface area contributed by atoms with Gasteiger partial charge in [-0.2, -0.15) is 0 Å². The van der Waals surface area contributed by atoms with Crippen molar-refractivity contribution in [2.75, 3.05) is 27.7 Å². The van der Waals surface area contributed by atoms with Crippen LogP contribution in [0.25, 0.3) is 0 Å². The van der Waals surface area contributed by atoms with Crippen molar-refractivity contribution in [3.8, 4) is 0 Å². The van der Waals surface area contributed by atoms with Crippen LogP contribution in [0, 0.1) is 11.3 Å². The number of methoxy groups -OCH3 is 1. The molecule has 0 aromatic rings. The summed E-state index contributed by atoms with van der Waals surface area (Å²) in [6.07, 6.45) is 2.88. The minimum absolute atomic E-state index is 0.104. The Bertz CT molecular complexity index is 542. The van der Waals surface area contributed by atoms with Gasteiger partial charge in [-0.1, -0.05) is 41.0 Å². The molecule has 1 heterocycles. The molecule has 0 saturated carbocycles. The lowest BCUT2D eigenvalue weighted by Gasteiger charge is -2.39. The third-order valence-corrected chi connectivity index (χ3v) is 5.31. The molecule has 1 aliphatic rings. The summed E-state index contributed by atoms with van der Waals surface area (Å²) in [4.78, 5) is 41.7. The summed E-state index contributed by atoms with van der Waals surface area (Å²) < 4.78 is 4.87. The van der Waals surface area contributed by atoms with Crippen molar-refractivity contribution in [3.05, 3.63) is 0 Å².